The molecular weight excluding hydrogens is 334 g/mol. The first-order chi connectivity index (χ1) is 11.4. The van der Waals surface area contributed by atoms with Crippen LogP contribution in [-0.2, 0) is 9.59 Å². The van der Waals surface area contributed by atoms with E-state index in [1.807, 2.05) is 0 Å². The van der Waals surface area contributed by atoms with E-state index in [2.05, 4.69) is 4.98 Å². The Morgan fingerprint density at radius 3 is 2.67 bits per heavy atom. The number of carboxylic acid groups (broad SMARTS) is 1. The molecule has 0 unspecified atom stereocenters. The number of rotatable bonds is 4. The Bertz CT molecular complexity index is 620. The number of carbonyl (C=O) groups excluding carboxylic acids is 2. The second-order valence-electron chi connectivity index (χ2n) is 5.78. The van der Waals surface area contributed by atoms with Gasteiger partial charge in [0, 0.05) is 32.3 Å². The van der Waals surface area contributed by atoms with Crippen molar-refractivity contribution in [3.8, 4) is 0 Å². The van der Waals surface area contributed by atoms with E-state index in [0.717, 1.165) is 0 Å². The maximum Gasteiger partial charge on any atom is 0.323 e. The lowest BCUT2D eigenvalue weighted by Gasteiger charge is -2.28. The molecule has 0 saturated carbocycles. The Kier molecular flexibility index (Phi) is 6.14. The summed E-state index contributed by atoms with van der Waals surface area (Å²) in [5, 5.41) is 9.43. The summed E-state index contributed by atoms with van der Waals surface area (Å²) in [5.74, 6) is -1.48. The Morgan fingerprint density at radius 2 is 2.08 bits per heavy atom. The van der Waals surface area contributed by atoms with Gasteiger partial charge in [0.1, 0.15) is 12.2 Å². The van der Waals surface area contributed by atoms with Crippen molar-refractivity contribution < 1.29 is 19.5 Å². The van der Waals surface area contributed by atoms with E-state index in [0.29, 0.717) is 43.1 Å². The molecule has 1 aliphatic heterocycles. The molecule has 1 N–H and O–H groups in total. The molecule has 1 aromatic rings. The summed E-state index contributed by atoms with van der Waals surface area (Å²) in [7, 11) is 0. The highest BCUT2D eigenvalue weighted by Crippen LogP contribution is 2.19. The van der Waals surface area contributed by atoms with Gasteiger partial charge < -0.3 is 14.9 Å². The largest absolute Gasteiger partial charge is 0.480 e. The van der Waals surface area contributed by atoms with Crippen LogP contribution in [-0.4, -0.2) is 63.4 Å². The number of carboxylic acids is 1. The first-order valence-corrected chi connectivity index (χ1v) is 8.16. The molecule has 0 bridgehead atoms. The van der Waals surface area contributed by atoms with Gasteiger partial charge in [-0.05, 0) is 31.4 Å². The van der Waals surface area contributed by atoms with Crippen LogP contribution >= 0.6 is 11.6 Å². The van der Waals surface area contributed by atoms with Gasteiger partial charge in [-0.3, -0.25) is 14.4 Å². The Hall–Kier alpha value is -2.15. The zero-order valence-electron chi connectivity index (χ0n) is 13.4. The van der Waals surface area contributed by atoms with Gasteiger partial charge in [0.25, 0.3) is 5.91 Å². The third kappa shape index (κ3) is 4.67. The van der Waals surface area contributed by atoms with E-state index in [1.165, 1.54) is 18.0 Å². The van der Waals surface area contributed by atoms with Gasteiger partial charge >= 0.3 is 5.97 Å². The molecule has 1 aliphatic rings. The predicted octanol–water partition coefficient (Wildman–Crippen LogP) is 1.66. The second-order valence-corrected chi connectivity index (χ2v) is 6.22. The fourth-order valence-electron chi connectivity index (χ4n) is 2.90. The van der Waals surface area contributed by atoms with Crippen molar-refractivity contribution in [2.24, 2.45) is 0 Å². The minimum Gasteiger partial charge on any atom is -0.480 e. The number of hydrogen-bond donors (Lipinski definition) is 1. The van der Waals surface area contributed by atoms with E-state index < -0.39 is 5.97 Å². The minimum atomic E-state index is -1.03. The molecule has 1 aromatic heterocycles. The highest BCUT2D eigenvalue weighted by atomic mass is 35.5. The van der Waals surface area contributed by atoms with Gasteiger partial charge in [0.15, 0.2) is 0 Å². The molecule has 1 atom stereocenters. The molecule has 1 saturated heterocycles. The van der Waals surface area contributed by atoms with Crippen LogP contribution in [0.5, 0.6) is 0 Å². The van der Waals surface area contributed by atoms with Crippen molar-refractivity contribution in [2.75, 3.05) is 19.6 Å². The topological polar surface area (TPSA) is 90.8 Å². The number of amides is 2. The molecule has 130 valence electrons. The molecule has 0 aromatic carbocycles. The summed E-state index contributed by atoms with van der Waals surface area (Å²) in [6, 6.07) is 3.03. The summed E-state index contributed by atoms with van der Waals surface area (Å²) in [6.45, 7) is 2.07. The van der Waals surface area contributed by atoms with Gasteiger partial charge in [-0.1, -0.05) is 11.6 Å². The average molecular weight is 354 g/mol. The predicted molar refractivity (Wildman–Crippen MR) is 87.8 cm³/mol. The second kappa shape index (κ2) is 8.10. The van der Waals surface area contributed by atoms with Crippen LogP contribution in [0.4, 0.5) is 0 Å². The van der Waals surface area contributed by atoms with Crippen molar-refractivity contribution in [3.63, 3.8) is 0 Å². The molecule has 8 heteroatoms. The van der Waals surface area contributed by atoms with Gasteiger partial charge in [-0.2, -0.15) is 0 Å². The molecular formula is C16H20ClN3O4. The van der Waals surface area contributed by atoms with Crippen LogP contribution in [0.25, 0.3) is 0 Å². The minimum absolute atomic E-state index is 0.172. The van der Waals surface area contributed by atoms with Crippen LogP contribution < -0.4 is 0 Å². The molecule has 0 spiro atoms. The summed E-state index contributed by atoms with van der Waals surface area (Å²) in [4.78, 5) is 42.3. The van der Waals surface area contributed by atoms with Crippen LogP contribution in [0.1, 0.15) is 36.7 Å². The van der Waals surface area contributed by atoms with Crippen molar-refractivity contribution in [1.82, 2.24) is 14.8 Å². The third-order valence-electron chi connectivity index (χ3n) is 4.08. The number of carbonyl (C=O) groups is 3. The highest BCUT2D eigenvalue weighted by Gasteiger charge is 2.28. The Balaban J connectivity index is 2.03. The van der Waals surface area contributed by atoms with Crippen molar-refractivity contribution in [3.05, 3.63) is 29.0 Å². The number of pyridine rings is 1. The normalized spacial score (nSPS) is 17.9. The number of halogens is 1. The van der Waals surface area contributed by atoms with Gasteiger partial charge in [0.05, 0.1) is 5.02 Å². The van der Waals surface area contributed by atoms with Crippen LogP contribution in [0.3, 0.4) is 0 Å². The first kappa shape index (κ1) is 18.2. The van der Waals surface area contributed by atoms with Crippen molar-refractivity contribution >= 4 is 29.4 Å². The van der Waals surface area contributed by atoms with E-state index in [-0.39, 0.29) is 24.4 Å². The molecule has 2 heterocycles. The van der Waals surface area contributed by atoms with E-state index in [9.17, 15) is 14.4 Å². The van der Waals surface area contributed by atoms with E-state index in [1.54, 1.807) is 17.0 Å². The van der Waals surface area contributed by atoms with Gasteiger partial charge in [-0.25, -0.2) is 4.98 Å². The lowest BCUT2D eigenvalue weighted by Crippen LogP contribution is -2.43. The zero-order chi connectivity index (χ0) is 17.7. The molecule has 1 fully saturated rings. The number of nitrogens with zero attached hydrogens (tertiary/aromatic N) is 3. The van der Waals surface area contributed by atoms with Crippen molar-refractivity contribution in [2.45, 2.75) is 32.2 Å². The lowest BCUT2D eigenvalue weighted by molar-refractivity contribution is -0.145. The summed E-state index contributed by atoms with van der Waals surface area (Å²) in [6.07, 6.45) is 3.35. The summed E-state index contributed by atoms with van der Waals surface area (Å²) < 4.78 is 0. The molecule has 24 heavy (non-hydrogen) atoms. The molecule has 2 amide bonds. The molecule has 2 rings (SSSR count). The Labute approximate surface area is 145 Å². The maximum atomic E-state index is 12.5. The maximum absolute atomic E-state index is 12.5. The quantitative estimate of drug-likeness (QED) is 0.889. The third-order valence-corrected chi connectivity index (χ3v) is 4.31. The van der Waals surface area contributed by atoms with E-state index >= 15 is 0 Å². The van der Waals surface area contributed by atoms with Crippen LogP contribution in [0.2, 0.25) is 5.02 Å². The molecule has 0 aliphatic carbocycles. The number of likely N-dealkylation sites (tertiary alicyclic amines) is 1. The van der Waals surface area contributed by atoms with E-state index in [4.69, 9.17) is 16.7 Å². The van der Waals surface area contributed by atoms with Crippen LogP contribution in [0, 0.1) is 0 Å². The number of hydrogen-bond acceptors (Lipinski definition) is 4. The standard InChI is InChI=1S/C16H20ClN3O4/c1-11(21)20(10-15(22)23)13-3-2-7-19(8-6-13)16(24)14-5-4-12(17)9-18-14/h4-5,9,13H,2-3,6-8,10H2,1H3,(H,22,23)/t13-/m1/s1. The zero-order valence-corrected chi connectivity index (χ0v) is 14.2. The number of aliphatic carboxylic acids is 1. The number of aromatic nitrogens is 1. The summed E-state index contributed by atoms with van der Waals surface area (Å²) in [5.41, 5.74) is 0.326. The monoisotopic (exact) mass is 353 g/mol. The van der Waals surface area contributed by atoms with Crippen LogP contribution in [0.15, 0.2) is 18.3 Å². The smallest absolute Gasteiger partial charge is 0.323 e. The molecule has 0 radical (unpaired) electrons. The summed E-state index contributed by atoms with van der Waals surface area (Å²) >= 11 is 5.78. The first-order valence-electron chi connectivity index (χ1n) is 7.78. The highest BCUT2D eigenvalue weighted by molar-refractivity contribution is 6.30. The Morgan fingerprint density at radius 1 is 1.33 bits per heavy atom. The lowest BCUT2D eigenvalue weighted by atomic mass is 10.1. The van der Waals surface area contributed by atoms with Gasteiger partial charge in [0.2, 0.25) is 5.91 Å². The SMILES string of the molecule is CC(=O)N(CC(=O)O)[C@@H]1CCCN(C(=O)c2ccc(Cl)cn2)CC1. The van der Waals surface area contributed by atoms with Gasteiger partial charge in [-0.15, -0.1) is 0 Å². The fraction of sp³-hybridized carbons (Fsp3) is 0.500. The molecule has 7 nitrogen and oxygen atoms in total. The average Bonchev–Trinajstić information content (AvgIpc) is 2.78. The van der Waals surface area contributed by atoms with Crippen molar-refractivity contribution in [1.29, 1.82) is 0 Å². The fourth-order valence-corrected chi connectivity index (χ4v) is 3.01.